The molecule has 0 saturated carbocycles. The number of rotatable bonds is 10. The number of nitrogens with one attached hydrogen (secondary N) is 2. The number of hydrogen-bond donors (Lipinski definition) is 2. The van der Waals surface area contributed by atoms with Gasteiger partial charge in [-0.15, -0.1) is 11.8 Å². The summed E-state index contributed by atoms with van der Waals surface area (Å²) in [5.41, 5.74) is 0. The molecule has 6 heteroatoms. The number of hydrogen-bond acceptors (Lipinski definition) is 4. The average molecular weight is 352 g/mol. The molecular weight excluding hydrogens is 322 g/mol. The molecule has 134 valence electrons. The highest BCUT2D eigenvalue weighted by Crippen LogP contribution is 2.15. The van der Waals surface area contributed by atoms with Crippen LogP contribution in [-0.4, -0.2) is 58.3 Å². The summed E-state index contributed by atoms with van der Waals surface area (Å²) in [6, 6.07) is 10.4. The first-order chi connectivity index (χ1) is 11.9. The van der Waals surface area contributed by atoms with E-state index < -0.39 is 0 Å². The zero-order valence-electron chi connectivity index (χ0n) is 14.5. The highest BCUT2D eigenvalue weighted by molar-refractivity contribution is 7.99. The Balaban J connectivity index is 1.45. The van der Waals surface area contributed by atoms with Gasteiger partial charge in [-0.25, -0.2) is 0 Å². The van der Waals surface area contributed by atoms with Crippen molar-refractivity contribution in [3.8, 4) is 0 Å². The van der Waals surface area contributed by atoms with E-state index in [1.54, 1.807) is 7.05 Å². The molecule has 0 radical (unpaired) electrons. The Labute approximate surface area is 149 Å². The SMILES string of the molecule is CN=C(NCCCOCC1CCOC1)NCCSc1ccccc1. The maximum absolute atomic E-state index is 5.70. The number of ether oxygens (including phenoxy) is 2. The van der Waals surface area contributed by atoms with Crippen LogP contribution in [0.15, 0.2) is 40.2 Å². The Morgan fingerprint density at radius 3 is 2.88 bits per heavy atom. The zero-order valence-corrected chi connectivity index (χ0v) is 15.3. The first-order valence-electron chi connectivity index (χ1n) is 8.66. The highest BCUT2D eigenvalue weighted by atomic mass is 32.2. The molecule has 24 heavy (non-hydrogen) atoms. The van der Waals surface area contributed by atoms with E-state index in [1.807, 2.05) is 17.8 Å². The van der Waals surface area contributed by atoms with Gasteiger partial charge in [0.15, 0.2) is 5.96 Å². The minimum Gasteiger partial charge on any atom is -0.381 e. The molecule has 0 spiro atoms. The van der Waals surface area contributed by atoms with Crippen molar-refractivity contribution in [3.63, 3.8) is 0 Å². The third-order valence-corrected chi connectivity index (χ3v) is 4.78. The van der Waals surface area contributed by atoms with Crippen LogP contribution in [0.3, 0.4) is 0 Å². The second kappa shape index (κ2) is 12.2. The third kappa shape index (κ3) is 8.04. The minimum atomic E-state index is 0.592. The Morgan fingerprint density at radius 1 is 1.29 bits per heavy atom. The number of nitrogens with zero attached hydrogens (tertiary/aromatic N) is 1. The lowest BCUT2D eigenvalue weighted by Gasteiger charge is -2.12. The van der Waals surface area contributed by atoms with Gasteiger partial charge in [0.05, 0.1) is 13.2 Å². The predicted octanol–water partition coefficient (Wildman–Crippen LogP) is 2.39. The Hall–Kier alpha value is -1.24. The van der Waals surface area contributed by atoms with Crippen molar-refractivity contribution in [2.75, 3.05) is 52.3 Å². The van der Waals surface area contributed by atoms with E-state index in [9.17, 15) is 0 Å². The van der Waals surface area contributed by atoms with Crippen LogP contribution in [0.1, 0.15) is 12.8 Å². The maximum Gasteiger partial charge on any atom is 0.191 e. The number of benzene rings is 1. The van der Waals surface area contributed by atoms with E-state index >= 15 is 0 Å². The van der Waals surface area contributed by atoms with E-state index in [1.165, 1.54) is 4.90 Å². The molecule has 1 aliphatic heterocycles. The molecule has 0 aliphatic carbocycles. The summed E-state index contributed by atoms with van der Waals surface area (Å²) in [6.07, 6.45) is 2.11. The van der Waals surface area contributed by atoms with Gasteiger partial charge in [0.2, 0.25) is 0 Å². The molecule has 1 aliphatic rings. The fraction of sp³-hybridized carbons (Fsp3) is 0.611. The summed E-state index contributed by atoms with van der Waals surface area (Å²) in [7, 11) is 1.80. The van der Waals surface area contributed by atoms with Gasteiger partial charge in [0, 0.05) is 49.9 Å². The molecule has 0 amide bonds. The lowest BCUT2D eigenvalue weighted by atomic mass is 10.1. The molecular formula is C18H29N3O2S. The van der Waals surface area contributed by atoms with Crippen LogP contribution in [-0.2, 0) is 9.47 Å². The lowest BCUT2D eigenvalue weighted by molar-refractivity contribution is 0.0888. The van der Waals surface area contributed by atoms with Gasteiger partial charge in [-0.3, -0.25) is 4.99 Å². The Kier molecular flexibility index (Phi) is 9.68. The third-order valence-electron chi connectivity index (χ3n) is 3.77. The molecule has 0 aromatic heterocycles. The first kappa shape index (κ1) is 19.1. The molecule has 1 saturated heterocycles. The van der Waals surface area contributed by atoms with Crippen LogP contribution >= 0.6 is 11.8 Å². The summed E-state index contributed by atoms with van der Waals surface area (Å²) in [4.78, 5) is 5.54. The van der Waals surface area contributed by atoms with Crippen molar-refractivity contribution in [1.82, 2.24) is 10.6 Å². The predicted molar refractivity (Wildman–Crippen MR) is 101 cm³/mol. The first-order valence-corrected chi connectivity index (χ1v) is 9.65. The van der Waals surface area contributed by atoms with Gasteiger partial charge in [-0.2, -0.15) is 0 Å². The normalized spacial score (nSPS) is 17.9. The van der Waals surface area contributed by atoms with Crippen LogP contribution in [0.2, 0.25) is 0 Å². The van der Waals surface area contributed by atoms with E-state index in [2.05, 4.69) is 39.9 Å². The van der Waals surface area contributed by atoms with Crippen molar-refractivity contribution < 1.29 is 9.47 Å². The molecule has 1 fully saturated rings. The highest BCUT2D eigenvalue weighted by Gasteiger charge is 2.15. The molecule has 1 unspecified atom stereocenters. The van der Waals surface area contributed by atoms with Crippen LogP contribution in [0.25, 0.3) is 0 Å². The van der Waals surface area contributed by atoms with Crippen LogP contribution in [0.5, 0.6) is 0 Å². The van der Waals surface area contributed by atoms with E-state index in [0.717, 1.165) is 64.1 Å². The summed E-state index contributed by atoms with van der Waals surface area (Å²) in [6.45, 7) is 5.11. The summed E-state index contributed by atoms with van der Waals surface area (Å²) >= 11 is 1.84. The summed E-state index contributed by atoms with van der Waals surface area (Å²) in [5, 5.41) is 6.66. The molecule has 2 rings (SSSR count). The van der Waals surface area contributed by atoms with E-state index in [-0.39, 0.29) is 0 Å². The number of thioether (sulfide) groups is 1. The molecule has 1 heterocycles. The van der Waals surface area contributed by atoms with Gasteiger partial charge >= 0.3 is 0 Å². The molecule has 2 N–H and O–H groups in total. The van der Waals surface area contributed by atoms with E-state index in [0.29, 0.717) is 5.92 Å². The topological polar surface area (TPSA) is 54.9 Å². The monoisotopic (exact) mass is 351 g/mol. The Morgan fingerprint density at radius 2 is 2.12 bits per heavy atom. The quantitative estimate of drug-likeness (QED) is 0.293. The van der Waals surface area contributed by atoms with Crippen molar-refractivity contribution in [3.05, 3.63) is 30.3 Å². The standard InChI is InChI=1S/C18H29N3O2S/c1-19-18(21-10-13-24-17-6-3-2-4-7-17)20-9-5-11-22-14-16-8-12-23-15-16/h2-4,6-7,16H,5,8-15H2,1H3,(H2,19,20,21). The fourth-order valence-corrected chi connectivity index (χ4v) is 3.21. The van der Waals surface area contributed by atoms with Crippen LogP contribution in [0.4, 0.5) is 0 Å². The average Bonchev–Trinajstić information content (AvgIpc) is 3.14. The van der Waals surface area contributed by atoms with Crippen LogP contribution < -0.4 is 10.6 Å². The van der Waals surface area contributed by atoms with Crippen LogP contribution in [0, 0.1) is 5.92 Å². The number of guanidine groups is 1. The molecule has 1 aromatic rings. The van der Waals surface area contributed by atoms with Crippen molar-refractivity contribution in [1.29, 1.82) is 0 Å². The molecule has 5 nitrogen and oxygen atoms in total. The number of aliphatic imine (C=N–C) groups is 1. The van der Waals surface area contributed by atoms with Gasteiger partial charge in [0.1, 0.15) is 0 Å². The van der Waals surface area contributed by atoms with Crippen molar-refractivity contribution >= 4 is 17.7 Å². The summed E-state index contributed by atoms with van der Waals surface area (Å²) in [5.74, 6) is 2.46. The molecule has 1 aromatic carbocycles. The summed E-state index contributed by atoms with van der Waals surface area (Å²) < 4.78 is 11.0. The maximum atomic E-state index is 5.70. The van der Waals surface area contributed by atoms with Crippen molar-refractivity contribution in [2.24, 2.45) is 10.9 Å². The van der Waals surface area contributed by atoms with Gasteiger partial charge in [0.25, 0.3) is 0 Å². The smallest absolute Gasteiger partial charge is 0.191 e. The van der Waals surface area contributed by atoms with Gasteiger partial charge in [-0.05, 0) is 25.0 Å². The lowest BCUT2D eigenvalue weighted by Crippen LogP contribution is -2.39. The fourth-order valence-electron chi connectivity index (χ4n) is 2.42. The molecule has 0 bridgehead atoms. The molecule has 1 atom stereocenters. The zero-order chi connectivity index (χ0) is 16.9. The van der Waals surface area contributed by atoms with Gasteiger partial charge < -0.3 is 20.1 Å². The minimum absolute atomic E-state index is 0.592. The van der Waals surface area contributed by atoms with E-state index in [4.69, 9.17) is 9.47 Å². The van der Waals surface area contributed by atoms with Crippen molar-refractivity contribution in [2.45, 2.75) is 17.7 Å². The second-order valence-corrected chi connectivity index (χ2v) is 6.91. The largest absolute Gasteiger partial charge is 0.381 e. The second-order valence-electron chi connectivity index (χ2n) is 5.75. The Bertz CT molecular complexity index is 465. The van der Waals surface area contributed by atoms with Gasteiger partial charge in [-0.1, -0.05) is 18.2 Å².